The first-order valence-corrected chi connectivity index (χ1v) is 9.81. The Labute approximate surface area is 172 Å². The number of ether oxygens (including phenoxy) is 1. The number of carbonyl (C=O) groups is 2. The number of amides is 2. The summed E-state index contributed by atoms with van der Waals surface area (Å²) < 4.78 is 6.81. The Kier molecular flexibility index (Phi) is 5.37. The molecule has 10 heteroatoms. The van der Waals surface area contributed by atoms with Crippen molar-refractivity contribution in [3.05, 3.63) is 18.5 Å². The van der Waals surface area contributed by atoms with E-state index in [1.165, 1.54) is 7.11 Å². The monoisotopic (exact) mass is 409 g/mol. The Bertz CT molecular complexity index is 1140. The zero-order valence-corrected chi connectivity index (χ0v) is 16.9. The van der Waals surface area contributed by atoms with E-state index < -0.39 is 0 Å². The van der Waals surface area contributed by atoms with Crippen LogP contribution in [0.5, 0.6) is 0 Å². The first-order valence-electron chi connectivity index (χ1n) is 9.81. The van der Waals surface area contributed by atoms with Crippen molar-refractivity contribution in [3.63, 3.8) is 0 Å². The molecule has 4 heterocycles. The first kappa shape index (κ1) is 19.8. The lowest BCUT2D eigenvalue weighted by Gasteiger charge is -2.37. The van der Waals surface area contributed by atoms with Crippen molar-refractivity contribution in [2.45, 2.75) is 25.8 Å². The summed E-state index contributed by atoms with van der Waals surface area (Å²) in [5.41, 5.74) is 1.57. The Morgan fingerprint density at radius 1 is 1.43 bits per heavy atom. The zero-order chi connectivity index (χ0) is 21.3. The van der Waals surface area contributed by atoms with Gasteiger partial charge < -0.3 is 19.9 Å². The number of aromatic nitrogens is 4. The molecule has 2 amide bonds. The van der Waals surface area contributed by atoms with E-state index in [2.05, 4.69) is 22.2 Å². The average molecular weight is 409 g/mol. The fourth-order valence-corrected chi connectivity index (χ4v) is 4.03. The quantitative estimate of drug-likeness (QED) is 0.661. The molecule has 1 aliphatic rings. The number of likely N-dealkylation sites (tertiary alicyclic amines) is 1. The van der Waals surface area contributed by atoms with Crippen LogP contribution in [-0.4, -0.2) is 63.3 Å². The molecule has 2 N–H and O–H groups in total. The second-order valence-corrected chi connectivity index (χ2v) is 7.54. The number of hydrogen-bond donors (Lipinski definition) is 2. The van der Waals surface area contributed by atoms with Crippen molar-refractivity contribution >= 4 is 39.6 Å². The summed E-state index contributed by atoms with van der Waals surface area (Å²) in [5.74, 6) is 0.188. The molecule has 3 aromatic heterocycles. The number of H-pyrrole nitrogens is 1. The van der Waals surface area contributed by atoms with Crippen molar-refractivity contribution in [1.29, 1.82) is 5.26 Å². The molecule has 2 atom stereocenters. The summed E-state index contributed by atoms with van der Waals surface area (Å²) in [6.45, 7) is 3.13. The summed E-state index contributed by atoms with van der Waals surface area (Å²) in [4.78, 5) is 33.7. The van der Waals surface area contributed by atoms with Crippen LogP contribution in [0.15, 0.2) is 18.5 Å². The molecule has 1 fully saturated rings. The SMILES string of the molecule is COCC(=O)Nc1nn([C@H]2CN(C(=O)CC#N)CC[C@H]2C)c2c1cnc1[nH]ccc12. The molecule has 1 aliphatic heterocycles. The Morgan fingerprint density at radius 3 is 3.03 bits per heavy atom. The van der Waals surface area contributed by atoms with Crippen LogP contribution in [0, 0.1) is 17.2 Å². The summed E-state index contributed by atoms with van der Waals surface area (Å²) >= 11 is 0. The van der Waals surface area contributed by atoms with Gasteiger partial charge in [0.25, 0.3) is 5.91 Å². The molecule has 10 nitrogen and oxygen atoms in total. The average Bonchev–Trinajstić information content (AvgIpc) is 3.33. The van der Waals surface area contributed by atoms with E-state index in [-0.39, 0.29) is 36.8 Å². The largest absolute Gasteiger partial charge is 0.375 e. The van der Waals surface area contributed by atoms with E-state index in [0.29, 0.717) is 18.9 Å². The van der Waals surface area contributed by atoms with Crippen molar-refractivity contribution in [1.82, 2.24) is 24.6 Å². The number of fused-ring (bicyclic) bond motifs is 3. The van der Waals surface area contributed by atoms with Crippen LogP contribution in [0.2, 0.25) is 0 Å². The van der Waals surface area contributed by atoms with Gasteiger partial charge in [-0.05, 0) is 18.4 Å². The molecular formula is C20H23N7O3. The number of aromatic amines is 1. The summed E-state index contributed by atoms with van der Waals surface area (Å²) in [6.07, 6.45) is 4.16. The summed E-state index contributed by atoms with van der Waals surface area (Å²) in [7, 11) is 1.46. The van der Waals surface area contributed by atoms with Gasteiger partial charge in [0, 0.05) is 38.0 Å². The first-order chi connectivity index (χ1) is 14.5. The minimum atomic E-state index is -0.305. The van der Waals surface area contributed by atoms with Crippen LogP contribution in [-0.2, 0) is 14.3 Å². The molecule has 0 aromatic carbocycles. The minimum Gasteiger partial charge on any atom is -0.375 e. The lowest BCUT2D eigenvalue weighted by atomic mass is 9.93. The molecule has 0 unspecified atom stereocenters. The lowest BCUT2D eigenvalue weighted by Crippen LogP contribution is -2.44. The number of nitriles is 1. The number of nitrogens with one attached hydrogen (secondary N) is 2. The topological polar surface area (TPSA) is 129 Å². The third-order valence-electron chi connectivity index (χ3n) is 5.60. The number of methoxy groups -OCH3 is 1. The van der Waals surface area contributed by atoms with E-state index in [4.69, 9.17) is 15.1 Å². The van der Waals surface area contributed by atoms with E-state index in [1.54, 1.807) is 11.1 Å². The Balaban J connectivity index is 1.80. The predicted molar refractivity (Wildman–Crippen MR) is 110 cm³/mol. The van der Waals surface area contributed by atoms with E-state index in [9.17, 15) is 9.59 Å². The van der Waals surface area contributed by atoms with Crippen LogP contribution in [0.1, 0.15) is 25.8 Å². The van der Waals surface area contributed by atoms with Gasteiger partial charge in [-0.2, -0.15) is 10.4 Å². The minimum absolute atomic E-state index is 0.0789. The molecule has 0 radical (unpaired) electrons. The van der Waals surface area contributed by atoms with Gasteiger partial charge in [0.1, 0.15) is 18.7 Å². The highest BCUT2D eigenvalue weighted by atomic mass is 16.5. The standard InChI is InChI=1S/C20H23N7O3/c1-12-5-8-26(17(29)3-6-21)10-15(12)27-18-13-4-7-22-19(13)23-9-14(18)20(25-27)24-16(28)11-30-2/h4,7,9,12,15H,3,5,8,10-11H2,1-2H3,(H,22,23)(H,24,25,28)/t12-,15+/m1/s1. The maximum Gasteiger partial charge on any atom is 0.251 e. The summed E-state index contributed by atoms with van der Waals surface area (Å²) in [6, 6.07) is 3.76. The number of nitrogens with zero attached hydrogens (tertiary/aromatic N) is 5. The smallest absolute Gasteiger partial charge is 0.251 e. The van der Waals surface area contributed by atoms with Crippen LogP contribution >= 0.6 is 0 Å². The van der Waals surface area contributed by atoms with Gasteiger partial charge in [-0.3, -0.25) is 14.3 Å². The van der Waals surface area contributed by atoms with Crippen molar-refractivity contribution in [3.8, 4) is 6.07 Å². The van der Waals surface area contributed by atoms with Gasteiger partial charge in [0.2, 0.25) is 5.91 Å². The Morgan fingerprint density at radius 2 is 2.27 bits per heavy atom. The number of hydrogen-bond acceptors (Lipinski definition) is 6. The molecule has 156 valence electrons. The van der Waals surface area contributed by atoms with E-state index in [0.717, 1.165) is 28.4 Å². The lowest BCUT2D eigenvalue weighted by molar-refractivity contribution is -0.132. The fraction of sp³-hybridized carbons (Fsp3) is 0.450. The maximum absolute atomic E-state index is 12.3. The molecular weight excluding hydrogens is 386 g/mol. The molecule has 4 rings (SSSR count). The molecule has 0 bridgehead atoms. The van der Waals surface area contributed by atoms with Gasteiger partial charge in [-0.1, -0.05) is 6.92 Å². The van der Waals surface area contributed by atoms with Gasteiger partial charge in [-0.25, -0.2) is 4.98 Å². The normalized spacial score (nSPS) is 19.2. The highest BCUT2D eigenvalue weighted by Crippen LogP contribution is 2.35. The highest BCUT2D eigenvalue weighted by Gasteiger charge is 2.32. The molecule has 1 saturated heterocycles. The van der Waals surface area contributed by atoms with Crippen LogP contribution in [0.4, 0.5) is 5.82 Å². The number of pyridine rings is 1. The molecule has 0 spiro atoms. The number of rotatable bonds is 5. The van der Waals surface area contributed by atoms with E-state index >= 15 is 0 Å². The second-order valence-electron chi connectivity index (χ2n) is 7.54. The van der Waals surface area contributed by atoms with Gasteiger partial charge in [-0.15, -0.1) is 0 Å². The van der Waals surface area contributed by atoms with Gasteiger partial charge in [0.15, 0.2) is 5.82 Å². The maximum atomic E-state index is 12.3. The van der Waals surface area contributed by atoms with Crippen molar-refractivity contribution in [2.24, 2.45) is 5.92 Å². The van der Waals surface area contributed by atoms with Gasteiger partial charge >= 0.3 is 0 Å². The van der Waals surface area contributed by atoms with Crippen LogP contribution < -0.4 is 5.32 Å². The van der Waals surface area contributed by atoms with Gasteiger partial charge in [0.05, 0.1) is 23.0 Å². The highest BCUT2D eigenvalue weighted by molar-refractivity contribution is 6.09. The molecule has 0 aliphatic carbocycles. The third kappa shape index (κ3) is 3.48. The van der Waals surface area contributed by atoms with Crippen molar-refractivity contribution in [2.75, 3.05) is 32.1 Å². The third-order valence-corrected chi connectivity index (χ3v) is 5.60. The predicted octanol–water partition coefficient (Wildman–Crippen LogP) is 1.82. The molecule has 30 heavy (non-hydrogen) atoms. The zero-order valence-electron chi connectivity index (χ0n) is 16.9. The summed E-state index contributed by atoms with van der Waals surface area (Å²) in [5, 5.41) is 18.0. The number of piperidine rings is 1. The second kappa shape index (κ2) is 8.12. The number of carbonyl (C=O) groups excluding carboxylic acids is 2. The molecule has 3 aromatic rings. The Hall–Kier alpha value is -3.45. The molecule has 0 saturated carbocycles. The number of anilines is 1. The van der Waals surface area contributed by atoms with Crippen LogP contribution in [0.3, 0.4) is 0 Å². The van der Waals surface area contributed by atoms with E-state index in [1.807, 2.05) is 23.0 Å². The fourth-order valence-electron chi connectivity index (χ4n) is 4.03. The van der Waals surface area contributed by atoms with Crippen molar-refractivity contribution < 1.29 is 14.3 Å². The van der Waals surface area contributed by atoms with Crippen LogP contribution in [0.25, 0.3) is 21.9 Å².